The lowest BCUT2D eigenvalue weighted by molar-refractivity contribution is -0.116. The number of hydrogen-bond acceptors (Lipinski definition) is 5. The Morgan fingerprint density at radius 3 is 2.15 bits per heavy atom. The van der Waals surface area contributed by atoms with E-state index in [1.807, 2.05) is 6.07 Å². The molecule has 6 heteroatoms. The van der Waals surface area contributed by atoms with Crippen molar-refractivity contribution in [3.63, 3.8) is 0 Å². The van der Waals surface area contributed by atoms with E-state index in [1.165, 1.54) is 34.5 Å². The van der Waals surface area contributed by atoms with E-state index in [9.17, 15) is 4.79 Å². The van der Waals surface area contributed by atoms with Gasteiger partial charge in [0.1, 0.15) is 17.4 Å². The Kier molecular flexibility index (Phi) is 5.42. The molecule has 1 amide bonds. The number of carbonyl (C=O) groups excluding carboxylic acids is 1. The number of ether oxygens (including phenoxy) is 3. The van der Waals surface area contributed by atoms with Crippen LogP contribution < -0.4 is 19.5 Å². The zero-order valence-electron chi connectivity index (χ0n) is 11.8. The van der Waals surface area contributed by atoms with Crippen LogP contribution in [0.1, 0.15) is 5.56 Å². The summed E-state index contributed by atoms with van der Waals surface area (Å²) in [4.78, 5) is 11.5. The van der Waals surface area contributed by atoms with E-state index < -0.39 is 5.91 Å². The lowest BCUT2D eigenvalue weighted by Crippen LogP contribution is -2.19. The smallest absolute Gasteiger partial charge is 0.261 e. The summed E-state index contributed by atoms with van der Waals surface area (Å²) >= 11 is 0. The second kappa shape index (κ2) is 7.04. The molecule has 0 spiro atoms. The maximum atomic E-state index is 11.5. The first-order valence-electron chi connectivity index (χ1n) is 5.75. The van der Waals surface area contributed by atoms with Crippen molar-refractivity contribution in [2.45, 2.75) is 0 Å². The largest absolute Gasteiger partial charge is 0.496 e. The maximum Gasteiger partial charge on any atom is 0.261 e. The topological polar surface area (TPSA) is 80.6 Å². The summed E-state index contributed by atoms with van der Waals surface area (Å²) in [7, 11) is 5.96. The van der Waals surface area contributed by atoms with Gasteiger partial charge in [-0.15, -0.1) is 0 Å². The Morgan fingerprint density at radius 1 is 1.15 bits per heavy atom. The number of nitrogens with one attached hydrogen (secondary N) is 1. The Morgan fingerprint density at radius 2 is 1.70 bits per heavy atom. The van der Waals surface area contributed by atoms with Crippen molar-refractivity contribution >= 4 is 12.0 Å². The van der Waals surface area contributed by atoms with Crippen molar-refractivity contribution < 1.29 is 19.0 Å². The molecule has 1 rings (SSSR count). The molecule has 0 atom stereocenters. The van der Waals surface area contributed by atoms with Crippen molar-refractivity contribution in [2.24, 2.45) is 0 Å². The standard InChI is InChI=1S/C14H16N2O4/c1-16-14(17)10(8-15)5-9-6-12(19-3)13(20-4)7-11(9)18-2/h5-7H,1-4H3,(H,16,17)/b10-5+. The summed E-state index contributed by atoms with van der Waals surface area (Å²) in [6.45, 7) is 0. The summed E-state index contributed by atoms with van der Waals surface area (Å²) in [5.74, 6) is 0.984. The molecule has 0 bridgehead atoms. The fraction of sp³-hybridized carbons (Fsp3) is 0.286. The molecular weight excluding hydrogens is 260 g/mol. The maximum absolute atomic E-state index is 11.5. The van der Waals surface area contributed by atoms with E-state index in [-0.39, 0.29) is 5.57 Å². The van der Waals surface area contributed by atoms with E-state index in [0.29, 0.717) is 22.8 Å². The Balaban J connectivity index is 3.40. The molecule has 1 aromatic rings. The number of nitrogens with zero attached hydrogens (tertiary/aromatic N) is 1. The van der Waals surface area contributed by atoms with Crippen LogP contribution in [0.2, 0.25) is 0 Å². The molecule has 0 aliphatic rings. The van der Waals surface area contributed by atoms with Gasteiger partial charge in [0.15, 0.2) is 11.5 Å². The van der Waals surface area contributed by atoms with Crippen LogP contribution in [0, 0.1) is 11.3 Å². The quantitative estimate of drug-likeness (QED) is 0.649. The molecule has 6 nitrogen and oxygen atoms in total. The highest BCUT2D eigenvalue weighted by atomic mass is 16.5. The highest BCUT2D eigenvalue weighted by Gasteiger charge is 2.13. The average molecular weight is 276 g/mol. The second-order valence-corrected chi connectivity index (χ2v) is 3.70. The fourth-order valence-corrected chi connectivity index (χ4v) is 1.60. The molecule has 0 fully saturated rings. The first kappa shape index (κ1) is 15.4. The number of hydrogen-bond donors (Lipinski definition) is 1. The predicted molar refractivity (Wildman–Crippen MR) is 73.8 cm³/mol. The van der Waals surface area contributed by atoms with Gasteiger partial charge in [0.05, 0.1) is 21.3 Å². The summed E-state index contributed by atoms with van der Waals surface area (Å²) in [5.41, 5.74) is 0.517. The molecule has 0 aromatic heterocycles. The number of benzene rings is 1. The molecule has 0 saturated heterocycles. The Labute approximate surface area is 117 Å². The minimum absolute atomic E-state index is 0.0296. The third-order valence-electron chi connectivity index (χ3n) is 2.63. The van der Waals surface area contributed by atoms with Gasteiger partial charge in [0.2, 0.25) is 0 Å². The minimum Gasteiger partial charge on any atom is -0.496 e. The summed E-state index contributed by atoms with van der Waals surface area (Å²) in [6, 6.07) is 5.11. The number of methoxy groups -OCH3 is 3. The number of rotatable bonds is 5. The van der Waals surface area contributed by atoms with E-state index in [2.05, 4.69) is 5.32 Å². The Bertz CT molecular complexity index is 573. The van der Waals surface area contributed by atoms with Crippen molar-refractivity contribution in [2.75, 3.05) is 28.4 Å². The summed E-state index contributed by atoms with van der Waals surface area (Å²) < 4.78 is 15.6. The molecule has 0 radical (unpaired) electrons. The average Bonchev–Trinajstić information content (AvgIpc) is 2.50. The molecule has 0 saturated carbocycles. The van der Waals surface area contributed by atoms with Crippen molar-refractivity contribution in [1.82, 2.24) is 5.32 Å². The van der Waals surface area contributed by atoms with Crippen LogP contribution in [0.4, 0.5) is 0 Å². The van der Waals surface area contributed by atoms with Gasteiger partial charge in [-0.2, -0.15) is 5.26 Å². The molecule has 0 aliphatic carbocycles. The number of likely N-dealkylation sites (N-methyl/N-ethyl adjacent to an activating group) is 1. The van der Waals surface area contributed by atoms with Crippen LogP contribution >= 0.6 is 0 Å². The van der Waals surface area contributed by atoms with E-state index >= 15 is 0 Å². The van der Waals surface area contributed by atoms with Gasteiger partial charge < -0.3 is 19.5 Å². The van der Waals surface area contributed by atoms with Gasteiger partial charge in [-0.05, 0) is 12.1 Å². The monoisotopic (exact) mass is 276 g/mol. The number of amides is 1. The van der Waals surface area contributed by atoms with Gasteiger partial charge in [0, 0.05) is 18.7 Å². The molecule has 1 N–H and O–H groups in total. The van der Waals surface area contributed by atoms with E-state index in [4.69, 9.17) is 19.5 Å². The Hall–Kier alpha value is -2.68. The van der Waals surface area contributed by atoms with Crippen molar-refractivity contribution in [1.29, 1.82) is 5.26 Å². The summed E-state index contributed by atoms with van der Waals surface area (Å²) in [5, 5.41) is 11.4. The molecule has 0 heterocycles. The molecule has 106 valence electrons. The van der Waals surface area contributed by atoms with Crippen LogP contribution in [0.3, 0.4) is 0 Å². The van der Waals surface area contributed by atoms with Crippen molar-refractivity contribution in [3.05, 3.63) is 23.3 Å². The van der Waals surface area contributed by atoms with E-state index in [1.54, 1.807) is 12.1 Å². The lowest BCUT2D eigenvalue weighted by atomic mass is 10.1. The number of carbonyl (C=O) groups is 1. The van der Waals surface area contributed by atoms with Gasteiger partial charge >= 0.3 is 0 Å². The first-order chi connectivity index (χ1) is 9.60. The van der Waals surface area contributed by atoms with Crippen LogP contribution in [0.15, 0.2) is 17.7 Å². The van der Waals surface area contributed by atoms with Gasteiger partial charge in [-0.25, -0.2) is 0 Å². The summed E-state index contributed by atoms with van der Waals surface area (Å²) in [6.07, 6.45) is 1.43. The highest BCUT2D eigenvalue weighted by molar-refractivity contribution is 6.01. The van der Waals surface area contributed by atoms with Crippen molar-refractivity contribution in [3.8, 4) is 23.3 Å². The fourth-order valence-electron chi connectivity index (χ4n) is 1.60. The number of nitriles is 1. The highest BCUT2D eigenvalue weighted by Crippen LogP contribution is 2.35. The van der Waals surface area contributed by atoms with Crippen LogP contribution in [-0.2, 0) is 4.79 Å². The van der Waals surface area contributed by atoms with Crippen LogP contribution in [0.25, 0.3) is 6.08 Å². The second-order valence-electron chi connectivity index (χ2n) is 3.70. The van der Waals surface area contributed by atoms with E-state index in [0.717, 1.165) is 0 Å². The molecule has 20 heavy (non-hydrogen) atoms. The lowest BCUT2D eigenvalue weighted by Gasteiger charge is -2.12. The third kappa shape index (κ3) is 3.20. The van der Waals surface area contributed by atoms with Gasteiger partial charge in [0.25, 0.3) is 5.91 Å². The zero-order valence-corrected chi connectivity index (χ0v) is 11.8. The predicted octanol–water partition coefficient (Wildman–Crippen LogP) is 1.37. The van der Waals surface area contributed by atoms with Gasteiger partial charge in [-0.3, -0.25) is 4.79 Å². The minimum atomic E-state index is -0.468. The van der Waals surface area contributed by atoms with Crippen LogP contribution in [-0.4, -0.2) is 34.3 Å². The normalized spacial score (nSPS) is 10.4. The SMILES string of the molecule is CNC(=O)/C(C#N)=C/c1cc(OC)c(OC)cc1OC. The third-order valence-corrected chi connectivity index (χ3v) is 2.63. The van der Waals surface area contributed by atoms with Crippen LogP contribution in [0.5, 0.6) is 17.2 Å². The zero-order chi connectivity index (χ0) is 15.1. The van der Waals surface area contributed by atoms with Gasteiger partial charge in [-0.1, -0.05) is 0 Å². The molecule has 0 unspecified atom stereocenters. The first-order valence-corrected chi connectivity index (χ1v) is 5.75. The molecule has 0 aliphatic heterocycles. The molecular formula is C14H16N2O4. The molecule has 1 aromatic carbocycles.